The van der Waals surface area contributed by atoms with Crippen molar-refractivity contribution in [2.75, 3.05) is 7.05 Å². The van der Waals surface area contributed by atoms with Gasteiger partial charge in [-0.15, -0.1) is 11.3 Å². The van der Waals surface area contributed by atoms with Gasteiger partial charge in [-0.05, 0) is 41.8 Å². The van der Waals surface area contributed by atoms with Gasteiger partial charge in [-0.25, -0.2) is 21.9 Å². The smallest absolute Gasteiger partial charge is 0.250 e. The third kappa shape index (κ3) is 4.07. The molecular weight excluding hydrogens is 318 g/mol. The van der Waals surface area contributed by atoms with Crippen LogP contribution >= 0.6 is 11.3 Å². The molecular formula is C13H14F2N2O2S2. The molecule has 0 unspecified atom stereocenters. The van der Waals surface area contributed by atoms with Crippen LogP contribution in [0.4, 0.5) is 8.78 Å². The van der Waals surface area contributed by atoms with Crippen LogP contribution < -0.4 is 10.0 Å². The van der Waals surface area contributed by atoms with E-state index < -0.39 is 21.7 Å². The van der Waals surface area contributed by atoms with Crippen molar-refractivity contribution in [3.05, 3.63) is 52.4 Å². The number of nitrogens with one attached hydrogen (secondary N) is 2. The summed E-state index contributed by atoms with van der Waals surface area (Å²) in [5.41, 5.74) is 1.22. The fourth-order valence-electron chi connectivity index (χ4n) is 1.69. The SMILES string of the molecule is CNCc1csc(S(=O)(=O)NCc2ccc(F)c(F)c2)c1. The van der Waals surface area contributed by atoms with Gasteiger partial charge in [-0.1, -0.05) is 6.07 Å². The van der Waals surface area contributed by atoms with Gasteiger partial charge in [-0.2, -0.15) is 0 Å². The minimum Gasteiger partial charge on any atom is -0.316 e. The summed E-state index contributed by atoms with van der Waals surface area (Å²) in [5.74, 6) is -1.96. The van der Waals surface area contributed by atoms with Crippen LogP contribution in [0, 0.1) is 11.6 Å². The zero-order valence-corrected chi connectivity index (χ0v) is 12.8. The summed E-state index contributed by atoms with van der Waals surface area (Å²) in [7, 11) is -1.88. The molecule has 0 spiro atoms. The highest BCUT2D eigenvalue weighted by molar-refractivity contribution is 7.91. The summed E-state index contributed by atoms with van der Waals surface area (Å²) < 4.78 is 52.6. The standard InChI is InChI=1S/C13H14F2N2O2S2/c1-16-6-10-5-13(20-8-10)21(18,19)17-7-9-2-3-11(14)12(15)4-9/h2-5,8,16-17H,6-7H2,1H3. The molecule has 0 amide bonds. The molecule has 0 fully saturated rings. The van der Waals surface area contributed by atoms with E-state index in [4.69, 9.17) is 0 Å². The Morgan fingerprint density at radius 3 is 2.52 bits per heavy atom. The predicted molar refractivity (Wildman–Crippen MR) is 77.5 cm³/mol. The number of sulfonamides is 1. The molecule has 2 N–H and O–H groups in total. The second kappa shape index (κ2) is 6.61. The van der Waals surface area contributed by atoms with E-state index in [1.165, 1.54) is 6.07 Å². The van der Waals surface area contributed by atoms with E-state index in [1.54, 1.807) is 18.5 Å². The lowest BCUT2D eigenvalue weighted by atomic mass is 10.2. The highest BCUT2D eigenvalue weighted by Gasteiger charge is 2.16. The molecule has 21 heavy (non-hydrogen) atoms. The summed E-state index contributed by atoms with van der Waals surface area (Å²) >= 11 is 1.11. The van der Waals surface area contributed by atoms with Crippen LogP contribution in [-0.4, -0.2) is 15.5 Å². The van der Waals surface area contributed by atoms with Crippen LogP contribution in [0.1, 0.15) is 11.1 Å². The Hall–Kier alpha value is -1.35. The van der Waals surface area contributed by atoms with E-state index in [0.29, 0.717) is 12.1 Å². The average Bonchev–Trinajstić information content (AvgIpc) is 2.90. The van der Waals surface area contributed by atoms with E-state index in [0.717, 1.165) is 29.0 Å². The van der Waals surface area contributed by atoms with E-state index >= 15 is 0 Å². The van der Waals surface area contributed by atoms with Crippen molar-refractivity contribution in [2.24, 2.45) is 0 Å². The van der Waals surface area contributed by atoms with Crippen molar-refractivity contribution < 1.29 is 17.2 Å². The van der Waals surface area contributed by atoms with Gasteiger partial charge in [0.25, 0.3) is 0 Å². The molecule has 4 nitrogen and oxygen atoms in total. The third-order valence-corrected chi connectivity index (χ3v) is 5.62. The van der Waals surface area contributed by atoms with Gasteiger partial charge in [0.2, 0.25) is 10.0 Å². The lowest BCUT2D eigenvalue weighted by Gasteiger charge is -2.05. The molecule has 0 bridgehead atoms. The van der Waals surface area contributed by atoms with Crippen LogP contribution in [-0.2, 0) is 23.1 Å². The lowest BCUT2D eigenvalue weighted by molar-refractivity contribution is 0.506. The van der Waals surface area contributed by atoms with Gasteiger partial charge in [0.05, 0.1) is 0 Å². The zero-order valence-electron chi connectivity index (χ0n) is 11.2. The number of benzene rings is 1. The Balaban J connectivity index is 2.08. The molecule has 0 aliphatic heterocycles. The van der Waals surface area contributed by atoms with Crippen molar-refractivity contribution >= 4 is 21.4 Å². The number of thiophene rings is 1. The van der Waals surface area contributed by atoms with Gasteiger partial charge in [0.15, 0.2) is 11.6 Å². The maximum atomic E-state index is 13.1. The van der Waals surface area contributed by atoms with E-state index in [2.05, 4.69) is 10.0 Å². The maximum absolute atomic E-state index is 13.1. The summed E-state index contributed by atoms with van der Waals surface area (Å²) in [6.45, 7) is 0.480. The molecule has 8 heteroatoms. The van der Waals surface area contributed by atoms with Gasteiger partial charge in [-0.3, -0.25) is 0 Å². The minimum absolute atomic E-state index is 0.0984. The van der Waals surface area contributed by atoms with Crippen LogP contribution in [0.3, 0.4) is 0 Å². The average molecular weight is 332 g/mol. The van der Waals surface area contributed by atoms with Crippen molar-refractivity contribution in [2.45, 2.75) is 17.3 Å². The normalized spacial score (nSPS) is 11.8. The topological polar surface area (TPSA) is 58.2 Å². The van der Waals surface area contributed by atoms with Gasteiger partial charge < -0.3 is 5.32 Å². The van der Waals surface area contributed by atoms with Crippen LogP contribution in [0.2, 0.25) is 0 Å². The predicted octanol–water partition coefficient (Wildman–Crippen LogP) is 2.22. The molecule has 1 aromatic heterocycles. The highest BCUT2D eigenvalue weighted by Crippen LogP contribution is 2.20. The van der Waals surface area contributed by atoms with E-state index in [9.17, 15) is 17.2 Å². The Labute approximate surface area is 125 Å². The zero-order chi connectivity index (χ0) is 15.5. The maximum Gasteiger partial charge on any atom is 0.250 e. The van der Waals surface area contributed by atoms with Crippen molar-refractivity contribution in [3.8, 4) is 0 Å². The second-order valence-electron chi connectivity index (χ2n) is 4.38. The Morgan fingerprint density at radius 2 is 1.86 bits per heavy atom. The number of rotatable bonds is 6. The van der Waals surface area contributed by atoms with Crippen molar-refractivity contribution in [3.63, 3.8) is 0 Å². The van der Waals surface area contributed by atoms with Gasteiger partial charge >= 0.3 is 0 Å². The van der Waals surface area contributed by atoms with Gasteiger partial charge in [0.1, 0.15) is 4.21 Å². The summed E-state index contributed by atoms with van der Waals surface area (Å²) in [4.78, 5) is 0. The molecule has 0 saturated carbocycles. The van der Waals surface area contributed by atoms with Crippen LogP contribution in [0.5, 0.6) is 0 Å². The molecule has 0 aliphatic rings. The molecule has 114 valence electrons. The first-order valence-electron chi connectivity index (χ1n) is 6.08. The van der Waals surface area contributed by atoms with Crippen molar-refractivity contribution in [1.82, 2.24) is 10.0 Å². The lowest BCUT2D eigenvalue weighted by Crippen LogP contribution is -2.22. The molecule has 1 aromatic carbocycles. The van der Waals surface area contributed by atoms with Crippen LogP contribution in [0.25, 0.3) is 0 Å². The summed E-state index contributed by atoms with van der Waals surface area (Å²) in [6, 6.07) is 4.85. The third-order valence-electron chi connectivity index (χ3n) is 2.73. The molecule has 0 aliphatic carbocycles. The Morgan fingerprint density at radius 1 is 1.10 bits per heavy atom. The second-order valence-corrected chi connectivity index (χ2v) is 7.28. The molecule has 0 saturated heterocycles. The Kier molecular flexibility index (Phi) is 5.04. The fourth-order valence-corrected chi connectivity index (χ4v) is 3.96. The number of hydrogen-bond acceptors (Lipinski definition) is 4. The molecule has 2 rings (SSSR count). The van der Waals surface area contributed by atoms with E-state index in [-0.39, 0.29) is 10.8 Å². The monoisotopic (exact) mass is 332 g/mol. The van der Waals surface area contributed by atoms with Crippen LogP contribution in [0.15, 0.2) is 33.9 Å². The largest absolute Gasteiger partial charge is 0.316 e. The highest BCUT2D eigenvalue weighted by atomic mass is 32.2. The minimum atomic E-state index is -3.65. The molecule has 0 atom stereocenters. The quantitative estimate of drug-likeness (QED) is 0.853. The summed E-state index contributed by atoms with van der Waals surface area (Å²) in [6.07, 6.45) is 0. The molecule has 2 aromatic rings. The van der Waals surface area contributed by atoms with Crippen molar-refractivity contribution in [1.29, 1.82) is 0 Å². The summed E-state index contributed by atoms with van der Waals surface area (Å²) in [5, 5.41) is 4.68. The first-order chi connectivity index (χ1) is 9.92. The Bertz CT molecular complexity index is 730. The number of hydrogen-bond donors (Lipinski definition) is 2. The van der Waals surface area contributed by atoms with E-state index in [1.807, 2.05) is 0 Å². The number of halogens is 2. The molecule has 1 heterocycles. The molecule has 0 radical (unpaired) electrons. The fraction of sp³-hybridized carbons (Fsp3) is 0.231. The van der Waals surface area contributed by atoms with Gasteiger partial charge in [0, 0.05) is 13.1 Å². The first kappa shape index (κ1) is 16.0. The first-order valence-corrected chi connectivity index (χ1v) is 8.44.